The van der Waals surface area contributed by atoms with E-state index in [-0.39, 0.29) is 31.1 Å². The summed E-state index contributed by atoms with van der Waals surface area (Å²) < 4.78 is 16.9. The van der Waals surface area contributed by atoms with Crippen LogP contribution in [0.4, 0.5) is 0 Å². The smallest absolute Gasteiger partial charge is 0.306 e. The maximum Gasteiger partial charge on any atom is 0.306 e. The largest absolute Gasteiger partial charge is 0.462 e. The number of hydrogen-bond donors (Lipinski definition) is 0. The van der Waals surface area contributed by atoms with Crippen LogP contribution in [0.2, 0.25) is 0 Å². The molecule has 6 heteroatoms. The Balaban J connectivity index is 4.10. The molecule has 0 saturated heterocycles. The molecule has 0 aromatic rings. The molecule has 0 aromatic carbocycles. The van der Waals surface area contributed by atoms with Gasteiger partial charge in [-0.2, -0.15) is 0 Å². The Morgan fingerprint density at radius 2 is 0.449 bits per heavy atom. The monoisotopic (exact) mass is 1100 g/mol. The third-order valence-corrected chi connectivity index (χ3v) is 16.2. The summed E-state index contributed by atoms with van der Waals surface area (Å²) >= 11 is 0. The predicted molar refractivity (Wildman–Crippen MR) is 340 cm³/mol. The zero-order chi connectivity index (χ0) is 56.4. The summed E-state index contributed by atoms with van der Waals surface area (Å²) in [5.41, 5.74) is 0. The average Bonchev–Trinajstić information content (AvgIpc) is 3.44. The first kappa shape index (κ1) is 75.9. The first-order valence-corrected chi connectivity index (χ1v) is 35.3. The molecule has 0 fully saturated rings. The van der Waals surface area contributed by atoms with Gasteiger partial charge in [-0.05, 0) is 64.2 Å². The number of rotatable bonds is 66. The van der Waals surface area contributed by atoms with E-state index in [9.17, 15) is 14.4 Å². The normalized spacial score (nSPS) is 12.1. The number of hydrogen-bond acceptors (Lipinski definition) is 6. The number of allylic oxidation sites excluding steroid dienone is 4. The number of carbonyl (C=O) groups excluding carboxylic acids is 3. The minimum atomic E-state index is -0.773. The highest BCUT2D eigenvalue weighted by Gasteiger charge is 2.19. The summed E-state index contributed by atoms with van der Waals surface area (Å²) in [6.07, 6.45) is 82.3. The summed E-state index contributed by atoms with van der Waals surface area (Å²) in [5, 5.41) is 0. The van der Waals surface area contributed by atoms with Crippen molar-refractivity contribution < 1.29 is 28.6 Å². The molecule has 460 valence electrons. The third-order valence-electron chi connectivity index (χ3n) is 16.2. The Labute approximate surface area is 487 Å². The second kappa shape index (κ2) is 67.4. The van der Waals surface area contributed by atoms with Crippen LogP contribution in [-0.2, 0) is 28.6 Å². The van der Waals surface area contributed by atoms with Crippen LogP contribution < -0.4 is 0 Å². The Hall–Kier alpha value is -2.11. The molecule has 0 aliphatic rings. The molecule has 0 N–H and O–H groups in total. The molecular weight excluding hydrogens is 961 g/mol. The lowest BCUT2D eigenvalue weighted by atomic mass is 10.0. The molecule has 1 unspecified atom stereocenters. The first-order valence-electron chi connectivity index (χ1n) is 35.3. The molecule has 0 aromatic heterocycles. The van der Waals surface area contributed by atoms with E-state index in [1.807, 2.05) is 0 Å². The summed E-state index contributed by atoms with van der Waals surface area (Å²) in [6, 6.07) is 0. The first-order chi connectivity index (χ1) is 38.5. The lowest BCUT2D eigenvalue weighted by molar-refractivity contribution is -0.167. The molecule has 0 amide bonds. The van der Waals surface area contributed by atoms with Crippen molar-refractivity contribution in [3.63, 3.8) is 0 Å². The van der Waals surface area contributed by atoms with E-state index in [4.69, 9.17) is 14.2 Å². The molecule has 0 radical (unpaired) electrons. The van der Waals surface area contributed by atoms with Gasteiger partial charge in [0, 0.05) is 19.3 Å². The van der Waals surface area contributed by atoms with Crippen LogP contribution in [0.3, 0.4) is 0 Å². The van der Waals surface area contributed by atoms with Crippen molar-refractivity contribution >= 4 is 17.9 Å². The fraction of sp³-hybridized carbons (Fsp3) is 0.903. The molecule has 0 bridgehead atoms. The van der Waals surface area contributed by atoms with Gasteiger partial charge in [0.05, 0.1) is 0 Å². The van der Waals surface area contributed by atoms with E-state index in [1.165, 1.54) is 289 Å². The molecule has 78 heavy (non-hydrogen) atoms. The highest BCUT2D eigenvalue weighted by atomic mass is 16.6. The van der Waals surface area contributed by atoms with Gasteiger partial charge in [-0.25, -0.2) is 0 Å². The van der Waals surface area contributed by atoms with Gasteiger partial charge in [0.25, 0.3) is 0 Å². The van der Waals surface area contributed by atoms with Crippen molar-refractivity contribution in [3.05, 3.63) is 24.3 Å². The Bertz CT molecular complexity index is 1260. The van der Waals surface area contributed by atoms with Gasteiger partial charge < -0.3 is 14.2 Å². The van der Waals surface area contributed by atoms with Crippen molar-refractivity contribution in [2.24, 2.45) is 0 Å². The Morgan fingerprint density at radius 1 is 0.244 bits per heavy atom. The molecule has 0 saturated carbocycles. The second-order valence-electron chi connectivity index (χ2n) is 24.1. The lowest BCUT2D eigenvalue weighted by Crippen LogP contribution is -2.30. The molecule has 0 aliphatic heterocycles. The quantitative estimate of drug-likeness (QED) is 0.0261. The minimum absolute atomic E-state index is 0.0697. The molecule has 1 atom stereocenters. The summed E-state index contributed by atoms with van der Waals surface area (Å²) in [4.78, 5) is 38.3. The van der Waals surface area contributed by atoms with Crippen molar-refractivity contribution in [2.45, 2.75) is 406 Å². The topological polar surface area (TPSA) is 78.9 Å². The number of ether oxygens (including phenoxy) is 3. The average molecular weight is 1100 g/mol. The van der Waals surface area contributed by atoms with Gasteiger partial charge >= 0.3 is 17.9 Å². The molecule has 0 spiro atoms. The van der Waals surface area contributed by atoms with Crippen molar-refractivity contribution in [1.29, 1.82) is 0 Å². The lowest BCUT2D eigenvalue weighted by Gasteiger charge is -2.18. The van der Waals surface area contributed by atoms with E-state index < -0.39 is 6.10 Å². The van der Waals surface area contributed by atoms with Crippen LogP contribution in [0.1, 0.15) is 400 Å². The maximum absolute atomic E-state index is 12.9. The predicted octanol–water partition coefficient (Wildman–Crippen LogP) is 24.2. The highest BCUT2D eigenvalue weighted by molar-refractivity contribution is 5.71. The van der Waals surface area contributed by atoms with Crippen LogP contribution in [0.15, 0.2) is 24.3 Å². The summed E-state index contributed by atoms with van der Waals surface area (Å²) in [6.45, 7) is 6.64. The molecular formula is C72H136O6. The van der Waals surface area contributed by atoms with Gasteiger partial charge in [0.1, 0.15) is 13.2 Å². The van der Waals surface area contributed by atoms with Crippen LogP contribution in [0.25, 0.3) is 0 Å². The van der Waals surface area contributed by atoms with Gasteiger partial charge in [0.15, 0.2) is 6.10 Å². The maximum atomic E-state index is 12.9. The highest BCUT2D eigenvalue weighted by Crippen LogP contribution is 2.19. The van der Waals surface area contributed by atoms with Crippen molar-refractivity contribution in [1.82, 2.24) is 0 Å². The molecule has 0 rings (SSSR count). The Morgan fingerprint density at radius 3 is 0.692 bits per heavy atom. The standard InChI is InChI=1S/C72H136O6/c1-4-7-10-13-16-19-22-24-26-28-30-32-33-34-35-36-37-38-39-41-42-44-46-48-50-53-56-59-62-65-71(74)77-68-69(67-76-70(73)64-61-58-55-52-21-18-15-12-9-6-3)78-72(75)66-63-60-57-54-51-49-47-45-43-40-31-29-27-25-23-20-17-14-11-8-5-2/h12,15,29,31,69H,4-11,13-14,16-28,30,32-68H2,1-3H3/b15-12-,31-29-. The molecule has 6 nitrogen and oxygen atoms in total. The molecule has 0 aliphatic carbocycles. The Kier molecular flexibility index (Phi) is 65.6. The van der Waals surface area contributed by atoms with E-state index in [1.54, 1.807) is 0 Å². The van der Waals surface area contributed by atoms with Crippen LogP contribution in [0.5, 0.6) is 0 Å². The second-order valence-corrected chi connectivity index (χ2v) is 24.1. The fourth-order valence-electron chi connectivity index (χ4n) is 10.9. The van der Waals surface area contributed by atoms with E-state index in [2.05, 4.69) is 45.1 Å². The van der Waals surface area contributed by atoms with E-state index in [0.29, 0.717) is 19.3 Å². The number of carbonyl (C=O) groups is 3. The SMILES string of the molecule is CCC/C=C\CCCCCCCC(=O)OCC(COC(=O)CCCCCCCCCCCCCCCCCCCCCCCCCCCCCCC)OC(=O)CCCCCCCCCCC/C=C\CCCCCCCCCC. The van der Waals surface area contributed by atoms with Crippen LogP contribution >= 0.6 is 0 Å². The number of unbranched alkanes of at least 4 members (excludes halogenated alkanes) is 51. The van der Waals surface area contributed by atoms with Gasteiger partial charge in [-0.1, -0.05) is 340 Å². The van der Waals surface area contributed by atoms with Crippen molar-refractivity contribution in [2.75, 3.05) is 13.2 Å². The van der Waals surface area contributed by atoms with Gasteiger partial charge in [-0.15, -0.1) is 0 Å². The molecule has 0 heterocycles. The van der Waals surface area contributed by atoms with Crippen LogP contribution in [-0.4, -0.2) is 37.2 Å². The van der Waals surface area contributed by atoms with Crippen molar-refractivity contribution in [3.8, 4) is 0 Å². The van der Waals surface area contributed by atoms with Gasteiger partial charge in [0.2, 0.25) is 0 Å². The third kappa shape index (κ3) is 64.7. The summed E-state index contributed by atoms with van der Waals surface area (Å²) in [7, 11) is 0. The van der Waals surface area contributed by atoms with E-state index >= 15 is 0 Å². The summed E-state index contributed by atoms with van der Waals surface area (Å²) in [5.74, 6) is -0.856. The number of esters is 3. The minimum Gasteiger partial charge on any atom is -0.462 e. The van der Waals surface area contributed by atoms with Crippen LogP contribution in [0, 0.1) is 0 Å². The zero-order valence-corrected chi connectivity index (χ0v) is 53.0. The van der Waals surface area contributed by atoms with E-state index in [0.717, 1.165) is 70.6 Å². The van der Waals surface area contributed by atoms with Gasteiger partial charge in [-0.3, -0.25) is 14.4 Å². The fourth-order valence-corrected chi connectivity index (χ4v) is 10.9. The zero-order valence-electron chi connectivity index (χ0n) is 53.0.